The summed E-state index contributed by atoms with van der Waals surface area (Å²) in [5, 5.41) is 0. The van der Waals surface area contributed by atoms with Gasteiger partial charge in [0.2, 0.25) is 10.0 Å². The monoisotopic (exact) mass is 308 g/mol. The van der Waals surface area contributed by atoms with Crippen molar-refractivity contribution in [2.45, 2.75) is 18.4 Å². The van der Waals surface area contributed by atoms with Crippen molar-refractivity contribution in [3.8, 4) is 0 Å². The quantitative estimate of drug-likeness (QED) is 0.883. The molecule has 0 aliphatic carbocycles. The standard InChI is InChI=1S/C15H17FN2O2S/c1-11-6-8-12(9-7-11)10-18(2)21(19,20)14-5-3-4-13(16)15(14)17/h3-9H,10,17H2,1-2H3. The van der Waals surface area contributed by atoms with Crippen molar-refractivity contribution >= 4 is 15.7 Å². The average molecular weight is 308 g/mol. The van der Waals surface area contributed by atoms with E-state index in [1.807, 2.05) is 31.2 Å². The maximum Gasteiger partial charge on any atom is 0.245 e. The maximum atomic E-state index is 13.4. The Morgan fingerprint density at radius 2 is 1.76 bits per heavy atom. The fraction of sp³-hybridized carbons (Fsp3) is 0.200. The van der Waals surface area contributed by atoms with Crippen LogP contribution < -0.4 is 5.73 Å². The normalized spacial score (nSPS) is 11.8. The zero-order valence-corrected chi connectivity index (χ0v) is 12.7. The highest BCUT2D eigenvalue weighted by Crippen LogP contribution is 2.24. The highest BCUT2D eigenvalue weighted by atomic mass is 32.2. The zero-order valence-electron chi connectivity index (χ0n) is 11.9. The molecule has 4 nitrogen and oxygen atoms in total. The van der Waals surface area contributed by atoms with E-state index in [2.05, 4.69) is 0 Å². The van der Waals surface area contributed by atoms with Gasteiger partial charge in [0.1, 0.15) is 10.7 Å². The van der Waals surface area contributed by atoms with Crippen LogP contribution in [0, 0.1) is 12.7 Å². The number of nitrogens with zero attached hydrogens (tertiary/aromatic N) is 1. The van der Waals surface area contributed by atoms with Crippen LogP contribution >= 0.6 is 0 Å². The predicted molar refractivity (Wildman–Crippen MR) is 80.6 cm³/mol. The molecule has 0 unspecified atom stereocenters. The molecular weight excluding hydrogens is 291 g/mol. The Kier molecular flexibility index (Phi) is 4.29. The molecule has 0 radical (unpaired) electrons. The molecule has 0 heterocycles. The first-order chi connectivity index (χ1) is 9.82. The molecule has 0 aromatic heterocycles. The van der Waals surface area contributed by atoms with Gasteiger partial charge in [-0.2, -0.15) is 4.31 Å². The van der Waals surface area contributed by atoms with Crippen LogP contribution in [0.15, 0.2) is 47.4 Å². The summed E-state index contributed by atoms with van der Waals surface area (Å²) in [7, 11) is -2.39. The SMILES string of the molecule is Cc1ccc(CN(C)S(=O)(=O)c2cccc(F)c2N)cc1. The first-order valence-electron chi connectivity index (χ1n) is 6.38. The van der Waals surface area contributed by atoms with Crippen LogP contribution in [-0.2, 0) is 16.6 Å². The van der Waals surface area contributed by atoms with E-state index in [9.17, 15) is 12.8 Å². The molecule has 0 atom stereocenters. The number of hydrogen-bond donors (Lipinski definition) is 1. The van der Waals surface area contributed by atoms with Crippen molar-refractivity contribution in [1.82, 2.24) is 4.31 Å². The molecule has 0 saturated heterocycles. The number of rotatable bonds is 4. The lowest BCUT2D eigenvalue weighted by atomic mass is 10.1. The lowest BCUT2D eigenvalue weighted by Crippen LogP contribution is -2.27. The summed E-state index contributed by atoms with van der Waals surface area (Å²) in [6.45, 7) is 2.15. The molecule has 0 bridgehead atoms. The fourth-order valence-electron chi connectivity index (χ4n) is 1.95. The van der Waals surface area contributed by atoms with Gasteiger partial charge < -0.3 is 5.73 Å². The number of nitrogen functional groups attached to an aromatic ring is 1. The third-order valence-corrected chi connectivity index (χ3v) is 5.09. The van der Waals surface area contributed by atoms with Crippen molar-refractivity contribution in [3.05, 3.63) is 59.4 Å². The minimum atomic E-state index is -3.83. The van der Waals surface area contributed by atoms with Crippen molar-refractivity contribution in [1.29, 1.82) is 0 Å². The number of hydrogen-bond acceptors (Lipinski definition) is 3. The highest BCUT2D eigenvalue weighted by Gasteiger charge is 2.24. The molecule has 0 aliphatic heterocycles. The molecule has 0 fully saturated rings. The third-order valence-electron chi connectivity index (χ3n) is 3.23. The summed E-state index contributed by atoms with van der Waals surface area (Å²) >= 11 is 0. The van der Waals surface area contributed by atoms with E-state index in [0.717, 1.165) is 21.5 Å². The summed E-state index contributed by atoms with van der Waals surface area (Å²) in [5.74, 6) is -0.736. The van der Waals surface area contributed by atoms with Gasteiger partial charge in [-0.3, -0.25) is 0 Å². The van der Waals surface area contributed by atoms with Gasteiger partial charge in [-0.05, 0) is 24.6 Å². The maximum absolute atomic E-state index is 13.4. The second kappa shape index (κ2) is 5.83. The molecule has 2 rings (SSSR count). The van der Waals surface area contributed by atoms with Crippen molar-refractivity contribution in [2.75, 3.05) is 12.8 Å². The van der Waals surface area contributed by atoms with E-state index >= 15 is 0 Å². The van der Waals surface area contributed by atoms with Crippen molar-refractivity contribution in [3.63, 3.8) is 0 Å². The van der Waals surface area contributed by atoms with Crippen LogP contribution in [0.3, 0.4) is 0 Å². The Labute approximate surface area is 124 Å². The van der Waals surface area contributed by atoms with Gasteiger partial charge in [-0.25, -0.2) is 12.8 Å². The smallest absolute Gasteiger partial charge is 0.245 e. The molecule has 2 aromatic carbocycles. The summed E-state index contributed by atoms with van der Waals surface area (Å²) < 4.78 is 39.5. The number of nitrogens with two attached hydrogens (primary N) is 1. The predicted octanol–water partition coefficient (Wildman–Crippen LogP) is 2.54. The second-order valence-corrected chi connectivity index (χ2v) is 6.91. The first-order valence-corrected chi connectivity index (χ1v) is 7.82. The molecule has 2 aromatic rings. The molecule has 2 N–H and O–H groups in total. The van der Waals surface area contributed by atoms with Gasteiger partial charge in [0, 0.05) is 13.6 Å². The number of aryl methyl sites for hydroxylation is 1. The van der Waals surface area contributed by atoms with E-state index in [1.165, 1.54) is 19.2 Å². The Hall–Kier alpha value is -1.92. The van der Waals surface area contributed by atoms with Gasteiger partial charge in [-0.1, -0.05) is 35.9 Å². The number of anilines is 1. The van der Waals surface area contributed by atoms with Crippen LogP contribution in [0.1, 0.15) is 11.1 Å². The van der Waals surface area contributed by atoms with Gasteiger partial charge in [0.05, 0.1) is 5.69 Å². The van der Waals surface area contributed by atoms with Crippen molar-refractivity contribution < 1.29 is 12.8 Å². The minimum absolute atomic E-state index is 0.193. The molecular formula is C15H17FN2O2S. The Bertz CT molecular complexity index is 743. The summed E-state index contributed by atoms with van der Waals surface area (Å²) in [6.07, 6.45) is 0. The number of benzene rings is 2. The summed E-state index contributed by atoms with van der Waals surface area (Å²) in [4.78, 5) is -0.211. The zero-order chi connectivity index (χ0) is 15.6. The topological polar surface area (TPSA) is 63.4 Å². The van der Waals surface area contributed by atoms with Crippen LogP contribution in [0.25, 0.3) is 0 Å². The molecule has 112 valence electrons. The van der Waals surface area contributed by atoms with Gasteiger partial charge >= 0.3 is 0 Å². The van der Waals surface area contributed by atoms with Crippen LogP contribution in [0.4, 0.5) is 10.1 Å². The van der Waals surface area contributed by atoms with Gasteiger partial charge in [0.15, 0.2) is 0 Å². The fourth-order valence-corrected chi connectivity index (χ4v) is 3.23. The van der Waals surface area contributed by atoms with Gasteiger partial charge in [0.25, 0.3) is 0 Å². The second-order valence-electron chi connectivity index (χ2n) is 4.90. The van der Waals surface area contributed by atoms with Crippen molar-refractivity contribution in [2.24, 2.45) is 0 Å². The van der Waals surface area contributed by atoms with E-state index in [1.54, 1.807) is 0 Å². The lowest BCUT2D eigenvalue weighted by Gasteiger charge is -2.18. The molecule has 21 heavy (non-hydrogen) atoms. The Morgan fingerprint density at radius 1 is 1.14 bits per heavy atom. The van der Waals surface area contributed by atoms with Crippen LogP contribution in [0.5, 0.6) is 0 Å². The molecule has 0 saturated carbocycles. The first kappa shape index (κ1) is 15.5. The van der Waals surface area contributed by atoms with E-state index in [0.29, 0.717) is 0 Å². The van der Waals surface area contributed by atoms with Crippen LogP contribution in [-0.4, -0.2) is 19.8 Å². The van der Waals surface area contributed by atoms with E-state index in [4.69, 9.17) is 5.73 Å². The number of para-hydroxylation sites is 1. The average Bonchev–Trinajstić information content (AvgIpc) is 2.44. The summed E-state index contributed by atoms with van der Waals surface area (Å²) in [6, 6.07) is 11.3. The molecule has 0 amide bonds. The number of sulfonamides is 1. The van der Waals surface area contributed by atoms with Crippen LogP contribution in [0.2, 0.25) is 0 Å². The Balaban J connectivity index is 2.30. The summed E-state index contributed by atoms with van der Waals surface area (Å²) in [5.41, 5.74) is 7.13. The third kappa shape index (κ3) is 3.22. The lowest BCUT2D eigenvalue weighted by molar-refractivity contribution is 0.466. The molecule has 6 heteroatoms. The van der Waals surface area contributed by atoms with E-state index < -0.39 is 15.8 Å². The highest BCUT2D eigenvalue weighted by molar-refractivity contribution is 7.89. The molecule has 0 spiro atoms. The van der Waals surface area contributed by atoms with E-state index in [-0.39, 0.29) is 17.1 Å². The van der Waals surface area contributed by atoms with Gasteiger partial charge in [-0.15, -0.1) is 0 Å². The Morgan fingerprint density at radius 3 is 2.38 bits per heavy atom. The minimum Gasteiger partial charge on any atom is -0.395 e. The molecule has 0 aliphatic rings. The number of halogens is 1. The largest absolute Gasteiger partial charge is 0.395 e.